The number of carbonyl (C=O) groups is 1. The first kappa shape index (κ1) is 20.6. The standard InChI is InChI=1S/C15H16N6O3S4/c1-3-7-25-14-19-18-13(26-14)21-28(23,24)15-20-17-12(27-15)16-11(22)10-6-4-5-9(2)8-10/h4-6,8H,3,7H2,1-2H3,(H,18,21)(H,16,17,22). The maximum absolute atomic E-state index is 12.5. The molecular weight excluding hydrogens is 440 g/mol. The highest BCUT2D eigenvalue weighted by Gasteiger charge is 2.23. The van der Waals surface area contributed by atoms with E-state index in [4.69, 9.17) is 0 Å². The molecule has 0 aliphatic carbocycles. The molecule has 2 heterocycles. The van der Waals surface area contributed by atoms with Gasteiger partial charge in [0.1, 0.15) is 0 Å². The van der Waals surface area contributed by atoms with Crippen LogP contribution in [0.2, 0.25) is 0 Å². The monoisotopic (exact) mass is 456 g/mol. The van der Waals surface area contributed by atoms with Gasteiger partial charge in [-0.3, -0.25) is 14.8 Å². The van der Waals surface area contributed by atoms with Crippen LogP contribution in [-0.4, -0.2) is 40.5 Å². The minimum absolute atomic E-state index is 0.0864. The Morgan fingerprint density at radius 2 is 1.93 bits per heavy atom. The first-order valence-corrected chi connectivity index (χ1v) is 12.2. The van der Waals surface area contributed by atoms with Crippen molar-refractivity contribution in [1.29, 1.82) is 0 Å². The molecule has 1 aromatic carbocycles. The lowest BCUT2D eigenvalue weighted by Crippen LogP contribution is -2.12. The van der Waals surface area contributed by atoms with E-state index in [0.29, 0.717) is 9.90 Å². The summed E-state index contributed by atoms with van der Waals surface area (Å²) in [5.74, 6) is 0.486. The van der Waals surface area contributed by atoms with Crippen LogP contribution in [0.4, 0.5) is 10.3 Å². The maximum Gasteiger partial charge on any atom is 0.293 e. The maximum atomic E-state index is 12.5. The van der Waals surface area contributed by atoms with Gasteiger partial charge >= 0.3 is 0 Å². The van der Waals surface area contributed by atoms with Gasteiger partial charge in [-0.25, -0.2) is 0 Å². The number of hydrogen-bond acceptors (Lipinski definition) is 10. The summed E-state index contributed by atoms with van der Waals surface area (Å²) in [6.45, 7) is 3.92. The van der Waals surface area contributed by atoms with E-state index in [9.17, 15) is 13.2 Å². The smallest absolute Gasteiger partial charge is 0.293 e. The molecule has 0 atom stereocenters. The molecule has 0 saturated carbocycles. The van der Waals surface area contributed by atoms with Gasteiger partial charge in [-0.1, -0.05) is 59.1 Å². The van der Waals surface area contributed by atoms with E-state index in [-0.39, 0.29) is 14.6 Å². The van der Waals surface area contributed by atoms with Crippen LogP contribution >= 0.6 is 34.4 Å². The Balaban J connectivity index is 1.68. The van der Waals surface area contributed by atoms with Gasteiger partial charge in [0, 0.05) is 11.3 Å². The largest absolute Gasteiger partial charge is 0.296 e. The molecule has 0 fully saturated rings. The molecule has 0 bridgehead atoms. The van der Waals surface area contributed by atoms with Gasteiger partial charge in [0.25, 0.3) is 20.3 Å². The van der Waals surface area contributed by atoms with Crippen LogP contribution < -0.4 is 10.0 Å². The zero-order valence-corrected chi connectivity index (χ0v) is 18.1. The SMILES string of the molecule is CCCSc1nnc(NS(=O)(=O)c2nnc(NC(=O)c3cccc(C)c3)s2)s1. The zero-order valence-electron chi connectivity index (χ0n) is 14.9. The molecule has 0 aliphatic heterocycles. The predicted molar refractivity (Wildman–Crippen MR) is 111 cm³/mol. The number of carbonyl (C=O) groups excluding carboxylic acids is 1. The number of nitrogens with zero attached hydrogens (tertiary/aromatic N) is 4. The van der Waals surface area contributed by atoms with E-state index in [2.05, 4.69) is 30.4 Å². The summed E-state index contributed by atoms with van der Waals surface area (Å²) in [5, 5.41) is 17.9. The summed E-state index contributed by atoms with van der Waals surface area (Å²) < 4.78 is 27.7. The van der Waals surface area contributed by atoms with Crippen LogP contribution in [0.1, 0.15) is 29.3 Å². The fourth-order valence-electron chi connectivity index (χ4n) is 1.98. The van der Waals surface area contributed by atoms with Gasteiger partial charge in [-0.05, 0) is 25.5 Å². The molecule has 0 saturated heterocycles. The number of aromatic nitrogens is 4. The highest BCUT2D eigenvalue weighted by atomic mass is 32.2. The highest BCUT2D eigenvalue weighted by Crippen LogP contribution is 2.28. The van der Waals surface area contributed by atoms with Crippen molar-refractivity contribution < 1.29 is 13.2 Å². The van der Waals surface area contributed by atoms with Crippen LogP contribution in [0, 0.1) is 6.92 Å². The Bertz CT molecular complexity index is 1080. The van der Waals surface area contributed by atoms with Crippen LogP contribution in [-0.2, 0) is 10.0 Å². The van der Waals surface area contributed by atoms with Crippen molar-refractivity contribution in [2.24, 2.45) is 0 Å². The van der Waals surface area contributed by atoms with Crippen molar-refractivity contribution in [3.05, 3.63) is 35.4 Å². The molecule has 1 amide bonds. The third-order valence-corrected chi connectivity index (χ3v) is 8.05. The molecule has 2 aromatic heterocycles. The third kappa shape index (κ3) is 5.25. The number of thioether (sulfide) groups is 1. The summed E-state index contributed by atoms with van der Waals surface area (Å²) in [6, 6.07) is 7.02. The Hall–Kier alpha value is -2.09. The van der Waals surface area contributed by atoms with Gasteiger partial charge in [-0.2, -0.15) is 8.42 Å². The lowest BCUT2D eigenvalue weighted by atomic mass is 10.1. The molecule has 0 spiro atoms. The second kappa shape index (κ2) is 8.94. The Kier molecular flexibility index (Phi) is 6.59. The number of benzene rings is 1. The fraction of sp³-hybridized carbons (Fsp3) is 0.267. The number of anilines is 2. The number of amides is 1. The Morgan fingerprint density at radius 1 is 1.14 bits per heavy atom. The summed E-state index contributed by atoms with van der Waals surface area (Å²) in [4.78, 5) is 12.2. The molecule has 2 N–H and O–H groups in total. The average molecular weight is 457 g/mol. The second-order valence-electron chi connectivity index (χ2n) is 5.52. The summed E-state index contributed by atoms with van der Waals surface area (Å²) in [7, 11) is -3.96. The van der Waals surface area contributed by atoms with Gasteiger partial charge < -0.3 is 0 Å². The Morgan fingerprint density at radius 3 is 2.68 bits per heavy atom. The van der Waals surface area contributed by atoms with Crippen LogP contribution in [0.25, 0.3) is 0 Å². The van der Waals surface area contributed by atoms with Gasteiger partial charge in [-0.15, -0.1) is 20.4 Å². The summed E-state index contributed by atoms with van der Waals surface area (Å²) in [6.07, 6.45) is 0.979. The van der Waals surface area contributed by atoms with Crippen LogP contribution in [0.15, 0.2) is 32.9 Å². The van der Waals surface area contributed by atoms with E-state index in [1.54, 1.807) is 18.2 Å². The number of nitrogens with one attached hydrogen (secondary N) is 2. The molecule has 28 heavy (non-hydrogen) atoms. The van der Waals surface area contributed by atoms with Gasteiger partial charge in [0.2, 0.25) is 10.3 Å². The van der Waals surface area contributed by atoms with Gasteiger partial charge in [0.05, 0.1) is 0 Å². The average Bonchev–Trinajstić information content (AvgIpc) is 3.29. The number of aryl methyl sites for hydroxylation is 1. The number of hydrogen-bond donors (Lipinski definition) is 2. The normalized spacial score (nSPS) is 11.4. The van der Waals surface area contributed by atoms with E-state index in [1.165, 1.54) is 11.8 Å². The summed E-state index contributed by atoms with van der Waals surface area (Å²) >= 11 is 3.41. The van der Waals surface area contributed by atoms with Crippen LogP contribution in [0.5, 0.6) is 0 Å². The molecular formula is C15H16N6O3S4. The van der Waals surface area contributed by atoms with Crippen molar-refractivity contribution in [2.45, 2.75) is 28.9 Å². The zero-order chi connectivity index (χ0) is 20.1. The lowest BCUT2D eigenvalue weighted by Gasteiger charge is -2.02. The van der Waals surface area contributed by atoms with E-state index >= 15 is 0 Å². The van der Waals surface area contributed by atoms with Crippen LogP contribution in [0.3, 0.4) is 0 Å². The molecule has 148 valence electrons. The van der Waals surface area contributed by atoms with Crippen molar-refractivity contribution in [1.82, 2.24) is 20.4 Å². The second-order valence-corrected chi connectivity index (χ2v) is 10.7. The van der Waals surface area contributed by atoms with Crippen molar-refractivity contribution >= 4 is 60.6 Å². The van der Waals surface area contributed by atoms with E-state index in [0.717, 1.165) is 40.4 Å². The molecule has 0 aliphatic rings. The van der Waals surface area contributed by atoms with Crippen molar-refractivity contribution in [2.75, 3.05) is 15.8 Å². The molecule has 3 rings (SSSR count). The van der Waals surface area contributed by atoms with Crippen molar-refractivity contribution in [3.8, 4) is 0 Å². The van der Waals surface area contributed by atoms with E-state index in [1.807, 2.05) is 19.9 Å². The molecule has 0 radical (unpaired) electrons. The van der Waals surface area contributed by atoms with Crippen molar-refractivity contribution in [3.63, 3.8) is 0 Å². The minimum atomic E-state index is -3.96. The molecule has 0 unspecified atom stereocenters. The fourth-order valence-corrected chi connectivity index (χ4v) is 5.79. The molecule has 13 heteroatoms. The summed E-state index contributed by atoms with van der Waals surface area (Å²) in [5.41, 5.74) is 1.38. The third-order valence-electron chi connectivity index (χ3n) is 3.19. The van der Waals surface area contributed by atoms with Gasteiger partial charge in [0.15, 0.2) is 4.34 Å². The first-order valence-electron chi connectivity index (χ1n) is 8.08. The lowest BCUT2D eigenvalue weighted by molar-refractivity contribution is 0.102. The quantitative estimate of drug-likeness (QED) is 0.391. The molecule has 3 aromatic rings. The Labute approximate surface area is 174 Å². The predicted octanol–water partition coefficient (Wildman–Crippen LogP) is 3.25. The molecule has 9 nitrogen and oxygen atoms in total. The first-order chi connectivity index (χ1) is 13.4. The minimum Gasteiger partial charge on any atom is -0.296 e. The topological polar surface area (TPSA) is 127 Å². The van der Waals surface area contributed by atoms with E-state index < -0.39 is 15.9 Å². The number of rotatable bonds is 8. The number of sulfonamides is 1. The highest BCUT2D eigenvalue weighted by molar-refractivity contribution is 8.01.